The Morgan fingerprint density at radius 2 is 1.67 bits per heavy atom. The van der Waals surface area contributed by atoms with E-state index in [1.165, 1.54) is 0 Å². The lowest BCUT2D eigenvalue weighted by molar-refractivity contribution is -0.384. The Balaban J connectivity index is 1.37. The normalized spacial score (nSPS) is 14.6. The highest BCUT2D eigenvalue weighted by Crippen LogP contribution is 2.21. The average molecular weight is 427 g/mol. The van der Waals surface area contributed by atoms with Gasteiger partial charge in [0.05, 0.1) is 18.7 Å². The molecule has 156 valence electrons. The number of non-ortho nitro benzene ring substituents is 1. The Labute approximate surface area is 178 Å². The Bertz CT molecular complexity index is 1070. The summed E-state index contributed by atoms with van der Waals surface area (Å²) in [4.78, 5) is 15.0. The maximum absolute atomic E-state index is 10.8. The van der Waals surface area contributed by atoms with Gasteiger partial charge in [0.2, 0.25) is 4.77 Å². The number of ether oxygens (including phenoxy) is 1. The van der Waals surface area contributed by atoms with Gasteiger partial charge in [-0.05, 0) is 48.6 Å². The number of hydrogen-bond donors (Lipinski definition) is 0. The molecule has 0 N–H and O–H groups in total. The molecule has 9 nitrogen and oxygen atoms in total. The van der Waals surface area contributed by atoms with Gasteiger partial charge < -0.3 is 9.64 Å². The lowest BCUT2D eigenvalue weighted by Gasteiger charge is -2.35. The summed E-state index contributed by atoms with van der Waals surface area (Å²) in [5.41, 5.74) is 2.05. The van der Waals surface area contributed by atoms with E-state index in [4.69, 9.17) is 17.0 Å². The number of hydrogen-bond acceptors (Lipinski definition) is 7. The standard InChI is InChI=1S/C20H22N6O3S/c1-29-19-8-6-17(7-9-19)24-14-21-25(20(24)30)15-22-10-12-23(13-11-22)16-2-4-18(5-3-16)26(27)28/h2-9,14H,10-13,15H2,1H3. The zero-order valence-electron chi connectivity index (χ0n) is 16.5. The van der Waals surface area contributed by atoms with E-state index in [1.54, 1.807) is 37.7 Å². The van der Waals surface area contributed by atoms with Crippen LogP contribution in [0.5, 0.6) is 5.75 Å². The van der Waals surface area contributed by atoms with Crippen LogP contribution in [0.25, 0.3) is 5.69 Å². The summed E-state index contributed by atoms with van der Waals surface area (Å²) in [5.74, 6) is 0.795. The molecule has 0 unspecified atom stereocenters. The fourth-order valence-electron chi connectivity index (χ4n) is 3.48. The number of anilines is 1. The summed E-state index contributed by atoms with van der Waals surface area (Å²) in [6.07, 6.45) is 1.73. The Morgan fingerprint density at radius 3 is 2.27 bits per heavy atom. The minimum atomic E-state index is -0.379. The predicted octanol–water partition coefficient (Wildman–Crippen LogP) is 3.10. The Kier molecular flexibility index (Phi) is 5.77. The topological polar surface area (TPSA) is 81.6 Å². The van der Waals surface area contributed by atoms with Gasteiger partial charge in [-0.2, -0.15) is 5.10 Å². The van der Waals surface area contributed by atoms with Gasteiger partial charge in [0.15, 0.2) is 0 Å². The molecule has 1 fully saturated rings. The van der Waals surface area contributed by atoms with E-state index in [0.29, 0.717) is 11.4 Å². The number of nitro benzene ring substituents is 1. The van der Waals surface area contributed by atoms with Crippen LogP contribution in [0, 0.1) is 14.9 Å². The van der Waals surface area contributed by atoms with Crippen LogP contribution < -0.4 is 9.64 Å². The van der Waals surface area contributed by atoms with Crippen LogP contribution in [0.3, 0.4) is 0 Å². The van der Waals surface area contributed by atoms with Crippen LogP contribution in [0.1, 0.15) is 0 Å². The molecule has 0 spiro atoms. The van der Waals surface area contributed by atoms with E-state index < -0.39 is 0 Å². The maximum Gasteiger partial charge on any atom is 0.269 e. The number of rotatable bonds is 6. The number of aromatic nitrogens is 3. The second-order valence-electron chi connectivity index (χ2n) is 7.00. The van der Waals surface area contributed by atoms with Crippen molar-refractivity contribution in [3.63, 3.8) is 0 Å². The monoisotopic (exact) mass is 426 g/mol. The minimum absolute atomic E-state index is 0.110. The first kappa shape index (κ1) is 20.0. The zero-order chi connectivity index (χ0) is 21.1. The minimum Gasteiger partial charge on any atom is -0.497 e. The van der Waals surface area contributed by atoms with E-state index in [9.17, 15) is 10.1 Å². The second kappa shape index (κ2) is 8.64. The van der Waals surface area contributed by atoms with E-state index in [0.717, 1.165) is 43.3 Å². The van der Waals surface area contributed by atoms with E-state index in [2.05, 4.69) is 14.9 Å². The molecule has 0 amide bonds. The summed E-state index contributed by atoms with van der Waals surface area (Å²) in [6, 6.07) is 14.4. The van der Waals surface area contributed by atoms with E-state index in [1.807, 2.05) is 33.5 Å². The summed E-state index contributed by atoms with van der Waals surface area (Å²) in [7, 11) is 1.64. The third-order valence-corrected chi connectivity index (χ3v) is 5.62. The summed E-state index contributed by atoms with van der Waals surface area (Å²) in [5, 5.41) is 15.3. The van der Waals surface area contributed by atoms with Crippen molar-refractivity contribution in [2.45, 2.75) is 6.67 Å². The number of nitro groups is 1. The summed E-state index contributed by atoms with van der Waals surface area (Å²) < 4.78 is 9.54. The predicted molar refractivity (Wildman–Crippen MR) is 116 cm³/mol. The van der Waals surface area contributed by atoms with Gasteiger partial charge in [-0.15, -0.1) is 0 Å². The van der Waals surface area contributed by atoms with Crippen LogP contribution >= 0.6 is 12.2 Å². The molecule has 10 heteroatoms. The van der Waals surface area contributed by atoms with Gasteiger partial charge in [0, 0.05) is 49.7 Å². The highest BCUT2D eigenvalue weighted by atomic mass is 32.1. The van der Waals surface area contributed by atoms with Crippen molar-refractivity contribution >= 4 is 23.6 Å². The van der Waals surface area contributed by atoms with Crippen LogP contribution in [-0.2, 0) is 6.67 Å². The Hall–Kier alpha value is -3.24. The third-order valence-electron chi connectivity index (χ3n) is 5.22. The molecular formula is C20H22N6O3S. The van der Waals surface area contributed by atoms with E-state index in [-0.39, 0.29) is 10.6 Å². The van der Waals surface area contributed by atoms with Crippen molar-refractivity contribution in [2.75, 3.05) is 38.2 Å². The fraction of sp³-hybridized carbons (Fsp3) is 0.300. The van der Waals surface area contributed by atoms with Gasteiger partial charge >= 0.3 is 0 Å². The zero-order valence-corrected chi connectivity index (χ0v) is 17.4. The first-order chi connectivity index (χ1) is 14.5. The summed E-state index contributed by atoms with van der Waals surface area (Å²) in [6.45, 7) is 4.01. The molecule has 1 aliphatic heterocycles. The van der Waals surface area contributed by atoms with Crippen LogP contribution in [0.2, 0.25) is 0 Å². The molecule has 0 saturated carbocycles. The molecule has 0 radical (unpaired) electrons. The molecule has 2 heterocycles. The smallest absolute Gasteiger partial charge is 0.269 e. The molecule has 0 bridgehead atoms. The summed E-state index contributed by atoms with van der Waals surface area (Å²) >= 11 is 5.61. The van der Waals surface area contributed by atoms with Gasteiger partial charge in [-0.25, -0.2) is 4.68 Å². The molecule has 4 rings (SSSR count). The third kappa shape index (κ3) is 4.19. The molecular weight excluding hydrogens is 404 g/mol. The van der Waals surface area contributed by atoms with Gasteiger partial charge in [-0.3, -0.25) is 19.6 Å². The Morgan fingerprint density at radius 1 is 1.03 bits per heavy atom. The quantitative estimate of drug-likeness (QED) is 0.340. The largest absolute Gasteiger partial charge is 0.497 e. The van der Waals surface area contributed by atoms with Crippen molar-refractivity contribution in [3.8, 4) is 11.4 Å². The highest BCUT2D eigenvalue weighted by molar-refractivity contribution is 7.71. The average Bonchev–Trinajstić information content (AvgIpc) is 3.14. The molecule has 30 heavy (non-hydrogen) atoms. The molecule has 3 aromatic rings. The van der Waals surface area contributed by atoms with Gasteiger partial charge in [0.25, 0.3) is 5.69 Å². The van der Waals surface area contributed by atoms with Gasteiger partial charge in [0.1, 0.15) is 12.1 Å². The van der Waals surface area contributed by atoms with Crippen LogP contribution in [0.4, 0.5) is 11.4 Å². The van der Waals surface area contributed by atoms with E-state index >= 15 is 0 Å². The second-order valence-corrected chi connectivity index (χ2v) is 7.37. The molecule has 1 saturated heterocycles. The lowest BCUT2D eigenvalue weighted by atomic mass is 10.2. The van der Waals surface area contributed by atoms with Crippen molar-refractivity contribution in [3.05, 3.63) is 69.7 Å². The lowest BCUT2D eigenvalue weighted by Crippen LogP contribution is -2.47. The van der Waals surface area contributed by atoms with Crippen molar-refractivity contribution in [1.82, 2.24) is 19.2 Å². The van der Waals surface area contributed by atoms with Crippen LogP contribution in [0.15, 0.2) is 54.9 Å². The highest BCUT2D eigenvalue weighted by Gasteiger charge is 2.19. The maximum atomic E-state index is 10.8. The van der Waals surface area contributed by atoms with Crippen molar-refractivity contribution in [1.29, 1.82) is 0 Å². The molecule has 0 atom stereocenters. The van der Waals surface area contributed by atoms with Crippen molar-refractivity contribution < 1.29 is 9.66 Å². The molecule has 1 aromatic heterocycles. The SMILES string of the molecule is COc1ccc(-n2cnn(CN3CCN(c4ccc([N+](=O)[O-])cc4)CC3)c2=S)cc1. The number of methoxy groups -OCH3 is 1. The molecule has 1 aliphatic rings. The number of nitrogens with zero attached hydrogens (tertiary/aromatic N) is 6. The fourth-order valence-corrected chi connectivity index (χ4v) is 3.73. The van der Waals surface area contributed by atoms with Crippen molar-refractivity contribution in [2.24, 2.45) is 0 Å². The number of piperazine rings is 1. The first-order valence-electron chi connectivity index (χ1n) is 9.56. The molecule has 2 aromatic carbocycles. The van der Waals surface area contributed by atoms with Crippen LogP contribution in [-0.4, -0.2) is 57.5 Å². The molecule has 0 aliphatic carbocycles. The number of benzene rings is 2. The van der Waals surface area contributed by atoms with Gasteiger partial charge in [-0.1, -0.05) is 0 Å². The first-order valence-corrected chi connectivity index (χ1v) is 9.96.